The van der Waals surface area contributed by atoms with Crippen molar-refractivity contribution in [3.63, 3.8) is 0 Å². The van der Waals surface area contributed by atoms with Crippen LogP contribution in [0.2, 0.25) is 0 Å². The number of ether oxygens (including phenoxy) is 1. The first-order chi connectivity index (χ1) is 14.9. The molecule has 2 aromatic carbocycles. The SMILES string of the molecule is COc1ccc(N2CCn3c2nn(CC(=O)Nc2cc(C)cc(C)c2)c(=O)c3=O)cc1. The van der Waals surface area contributed by atoms with E-state index in [1.165, 1.54) is 4.57 Å². The Balaban J connectivity index is 1.62. The molecule has 1 amide bonds. The van der Waals surface area contributed by atoms with Crippen LogP contribution in [-0.4, -0.2) is 33.9 Å². The van der Waals surface area contributed by atoms with E-state index in [9.17, 15) is 14.4 Å². The first-order valence-corrected chi connectivity index (χ1v) is 9.87. The third kappa shape index (κ3) is 4.07. The molecule has 9 nitrogen and oxygen atoms in total. The van der Waals surface area contributed by atoms with Crippen molar-refractivity contribution in [2.75, 3.05) is 23.9 Å². The van der Waals surface area contributed by atoms with Gasteiger partial charge in [0.1, 0.15) is 12.3 Å². The normalized spacial score (nSPS) is 12.5. The Morgan fingerprint density at radius 2 is 1.71 bits per heavy atom. The van der Waals surface area contributed by atoms with Crippen LogP contribution in [0, 0.1) is 13.8 Å². The fraction of sp³-hybridized carbons (Fsp3) is 0.273. The van der Waals surface area contributed by atoms with Crippen molar-refractivity contribution < 1.29 is 9.53 Å². The van der Waals surface area contributed by atoms with Crippen molar-refractivity contribution in [2.45, 2.75) is 26.9 Å². The molecule has 0 fully saturated rings. The fourth-order valence-corrected chi connectivity index (χ4v) is 3.72. The lowest BCUT2D eigenvalue weighted by molar-refractivity contribution is -0.117. The van der Waals surface area contributed by atoms with Gasteiger partial charge in [-0.1, -0.05) is 6.07 Å². The van der Waals surface area contributed by atoms with Crippen molar-refractivity contribution in [3.8, 4) is 5.75 Å². The Kier molecular flexibility index (Phi) is 5.33. The maximum absolute atomic E-state index is 12.6. The van der Waals surface area contributed by atoms with E-state index in [1.807, 2.05) is 61.2 Å². The first-order valence-electron chi connectivity index (χ1n) is 9.87. The quantitative estimate of drug-likeness (QED) is 0.631. The van der Waals surface area contributed by atoms with Gasteiger partial charge in [-0.25, -0.2) is 4.68 Å². The Hall–Kier alpha value is -3.88. The lowest BCUT2D eigenvalue weighted by atomic mass is 10.1. The van der Waals surface area contributed by atoms with Crippen LogP contribution in [0.25, 0.3) is 0 Å². The molecule has 4 rings (SSSR count). The van der Waals surface area contributed by atoms with E-state index in [1.54, 1.807) is 7.11 Å². The number of anilines is 3. The summed E-state index contributed by atoms with van der Waals surface area (Å²) in [5.74, 6) is 0.605. The van der Waals surface area contributed by atoms with E-state index in [4.69, 9.17) is 4.74 Å². The van der Waals surface area contributed by atoms with E-state index in [0.717, 1.165) is 21.5 Å². The molecule has 2 heterocycles. The zero-order valence-corrected chi connectivity index (χ0v) is 17.6. The summed E-state index contributed by atoms with van der Waals surface area (Å²) >= 11 is 0. The lowest BCUT2D eigenvalue weighted by Crippen LogP contribution is -2.44. The number of aromatic nitrogens is 3. The molecule has 0 bridgehead atoms. The Morgan fingerprint density at radius 3 is 2.35 bits per heavy atom. The number of aryl methyl sites for hydroxylation is 2. The summed E-state index contributed by atoms with van der Waals surface area (Å²) in [4.78, 5) is 39.5. The molecule has 1 aromatic heterocycles. The van der Waals surface area contributed by atoms with Crippen LogP contribution < -0.4 is 26.1 Å². The largest absolute Gasteiger partial charge is 0.497 e. The summed E-state index contributed by atoms with van der Waals surface area (Å²) in [5, 5.41) is 7.10. The highest BCUT2D eigenvalue weighted by atomic mass is 16.5. The van der Waals surface area contributed by atoms with Gasteiger partial charge >= 0.3 is 11.1 Å². The van der Waals surface area contributed by atoms with Crippen LogP contribution in [-0.2, 0) is 17.9 Å². The summed E-state index contributed by atoms with van der Waals surface area (Å²) < 4.78 is 7.45. The monoisotopic (exact) mass is 421 g/mol. The highest BCUT2D eigenvalue weighted by Gasteiger charge is 2.26. The summed E-state index contributed by atoms with van der Waals surface area (Å²) in [6, 6.07) is 13.0. The number of hydrogen-bond acceptors (Lipinski definition) is 6. The molecular formula is C22H23N5O4. The van der Waals surface area contributed by atoms with E-state index >= 15 is 0 Å². The summed E-state index contributed by atoms with van der Waals surface area (Å²) in [5.41, 5.74) is 1.95. The van der Waals surface area contributed by atoms with Crippen molar-refractivity contribution in [1.29, 1.82) is 0 Å². The molecule has 0 atom stereocenters. The molecule has 0 aliphatic carbocycles. The van der Waals surface area contributed by atoms with Gasteiger partial charge in [0.05, 0.1) is 7.11 Å². The standard InChI is InChI=1S/C22H23N5O4/c1-14-10-15(2)12-16(11-14)23-19(28)13-27-21(30)20(29)26-9-8-25(22(26)24-27)17-4-6-18(31-3)7-5-17/h4-7,10-12H,8-9,13H2,1-3H3,(H,23,28). The molecule has 0 radical (unpaired) electrons. The number of carbonyl (C=O) groups is 1. The molecule has 0 saturated heterocycles. The molecular weight excluding hydrogens is 398 g/mol. The number of benzene rings is 2. The molecule has 1 aliphatic heterocycles. The Labute approximate surface area is 178 Å². The molecule has 3 aromatic rings. The summed E-state index contributed by atoms with van der Waals surface area (Å²) in [6.45, 7) is 4.35. The van der Waals surface area contributed by atoms with Crippen LogP contribution in [0.15, 0.2) is 52.1 Å². The zero-order valence-electron chi connectivity index (χ0n) is 17.6. The van der Waals surface area contributed by atoms with Crippen molar-refractivity contribution in [2.24, 2.45) is 0 Å². The van der Waals surface area contributed by atoms with Crippen molar-refractivity contribution in [3.05, 3.63) is 74.3 Å². The van der Waals surface area contributed by atoms with Crippen LogP contribution in [0.1, 0.15) is 11.1 Å². The van der Waals surface area contributed by atoms with Gasteiger partial charge in [0, 0.05) is 24.5 Å². The van der Waals surface area contributed by atoms with Gasteiger partial charge in [-0.15, -0.1) is 5.10 Å². The minimum atomic E-state index is -0.823. The van der Waals surface area contributed by atoms with Crippen LogP contribution in [0.4, 0.5) is 17.3 Å². The second-order valence-corrected chi connectivity index (χ2v) is 7.49. The van der Waals surface area contributed by atoms with Gasteiger partial charge in [0.2, 0.25) is 11.9 Å². The maximum Gasteiger partial charge on any atom is 0.333 e. The van der Waals surface area contributed by atoms with E-state index in [-0.39, 0.29) is 6.54 Å². The van der Waals surface area contributed by atoms with Crippen molar-refractivity contribution >= 4 is 23.2 Å². The number of nitrogens with zero attached hydrogens (tertiary/aromatic N) is 4. The van der Waals surface area contributed by atoms with Gasteiger partial charge in [-0.3, -0.25) is 19.0 Å². The highest BCUT2D eigenvalue weighted by molar-refractivity contribution is 5.90. The number of fused-ring (bicyclic) bond motifs is 1. The third-order valence-corrected chi connectivity index (χ3v) is 5.09. The average molecular weight is 421 g/mol. The Morgan fingerprint density at radius 1 is 1.03 bits per heavy atom. The van der Waals surface area contributed by atoms with Crippen LogP contribution >= 0.6 is 0 Å². The number of carbonyl (C=O) groups excluding carboxylic acids is 1. The molecule has 0 unspecified atom stereocenters. The zero-order chi connectivity index (χ0) is 22.1. The molecule has 0 spiro atoms. The minimum absolute atomic E-state index is 0.328. The Bertz CT molecular complexity index is 1240. The average Bonchev–Trinajstić information content (AvgIpc) is 3.15. The number of amides is 1. The van der Waals surface area contributed by atoms with Gasteiger partial charge in [0.15, 0.2) is 0 Å². The predicted molar refractivity (Wildman–Crippen MR) is 117 cm³/mol. The van der Waals surface area contributed by atoms with E-state index in [2.05, 4.69) is 10.4 Å². The second-order valence-electron chi connectivity index (χ2n) is 7.49. The summed E-state index contributed by atoms with van der Waals surface area (Å²) in [6.07, 6.45) is 0. The molecule has 31 heavy (non-hydrogen) atoms. The minimum Gasteiger partial charge on any atom is -0.497 e. The number of rotatable bonds is 5. The van der Waals surface area contributed by atoms with Crippen LogP contribution in [0.3, 0.4) is 0 Å². The highest BCUT2D eigenvalue weighted by Crippen LogP contribution is 2.27. The molecule has 9 heteroatoms. The third-order valence-electron chi connectivity index (χ3n) is 5.09. The predicted octanol–water partition coefficient (Wildman–Crippen LogP) is 1.82. The smallest absolute Gasteiger partial charge is 0.333 e. The van der Waals surface area contributed by atoms with E-state index < -0.39 is 17.0 Å². The maximum atomic E-state index is 12.6. The van der Waals surface area contributed by atoms with Gasteiger partial charge in [0.25, 0.3) is 0 Å². The second kappa shape index (κ2) is 8.10. The summed E-state index contributed by atoms with van der Waals surface area (Å²) in [7, 11) is 1.59. The molecule has 160 valence electrons. The first kappa shape index (κ1) is 20.4. The lowest BCUT2D eigenvalue weighted by Gasteiger charge is -2.18. The molecule has 0 saturated carbocycles. The number of methoxy groups -OCH3 is 1. The van der Waals surface area contributed by atoms with Gasteiger partial charge in [-0.05, 0) is 61.4 Å². The van der Waals surface area contributed by atoms with E-state index in [0.29, 0.717) is 30.5 Å². The fourth-order valence-electron chi connectivity index (χ4n) is 3.72. The topological polar surface area (TPSA) is 98.5 Å². The van der Waals surface area contributed by atoms with Crippen molar-refractivity contribution in [1.82, 2.24) is 14.3 Å². The van der Waals surface area contributed by atoms with Gasteiger partial charge in [-0.2, -0.15) is 0 Å². The molecule has 1 aliphatic rings. The van der Waals surface area contributed by atoms with Crippen LogP contribution in [0.5, 0.6) is 5.75 Å². The van der Waals surface area contributed by atoms with Gasteiger partial charge < -0.3 is 15.0 Å². The molecule has 1 N–H and O–H groups in total. The number of nitrogens with one attached hydrogen (secondary N) is 1. The number of hydrogen-bond donors (Lipinski definition) is 1.